The van der Waals surface area contributed by atoms with E-state index in [2.05, 4.69) is 184 Å². The predicted octanol–water partition coefficient (Wildman–Crippen LogP) is 13.8. The fraction of sp³-hybridized carbons (Fsp3) is 0.154. The molecule has 3 heteroatoms. The average molecular weight is 714 g/mol. The van der Waals surface area contributed by atoms with Crippen molar-refractivity contribution in [2.24, 2.45) is 0 Å². The van der Waals surface area contributed by atoms with Crippen molar-refractivity contribution in [1.82, 2.24) is 0 Å². The molecule has 0 heterocycles. The number of nitrogens with zero attached hydrogens (tertiary/aromatic N) is 1. The van der Waals surface area contributed by atoms with E-state index < -0.39 is 0 Å². The first-order chi connectivity index (χ1) is 26.7. The summed E-state index contributed by atoms with van der Waals surface area (Å²) < 4.78 is 11.9. The number of methoxy groups -OCH3 is 2. The van der Waals surface area contributed by atoms with Gasteiger partial charge in [0, 0.05) is 38.5 Å². The van der Waals surface area contributed by atoms with Gasteiger partial charge in [-0.05, 0) is 115 Å². The highest BCUT2D eigenvalue weighted by Crippen LogP contribution is 2.55. The van der Waals surface area contributed by atoms with Crippen molar-refractivity contribution in [2.75, 3.05) is 19.1 Å². The van der Waals surface area contributed by atoms with Crippen molar-refractivity contribution >= 4 is 38.6 Å². The van der Waals surface area contributed by atoms with E-state index in [1.165, 1.54) is 44.5 Å². The molecule has 8 aromatic carbocycles. The van der Waals surface area contributed by atoms with Crippen LogP contribution >= 0.6 is 0 Å². The zero-order chi connectivity index (χ0) is 37.6. The lowest BCUT2D eigenvalue weighted by molar-refractivity contribution is 0.419. The first kappa shape index (κ1) is 33.3. The number of benzene rings is 8. The number of hydrogen-bond acceptors (Lipinski definition) is 3. The minimum atomic E-state index is -0.152. The maximum absolute atomic E-state index is 5.99. The molecule has 268 valence electrons. The predicted molar refractivity (Wildman–Crippen MR) is 230 cm³/mol. The zero-order valence-electron chi connectivity index (χ0n) is 32.2. The smallest absolute Gasteiger partial charge is 0.126 e. The van der Waals surface area contributed by atoms with E-state index in [0.29, 0.717) is 0 Å². The van der Waals surface area contributed by atoms with Crippen LogP contribution in [0.5, 0.6) is 11.5 Å². The van der Waals surface area contributed by atoms with Crippen LogP contribution in [0, 0.1) is 0 Å². The maximum Gasteiger partial charge on any atom is 0.126 e. The molecule has 0 N–H and O–H groups in total. The van der Waals surface area contributed by atoms with Crippen LogP contribution in [-0.2, 0) is 10.8 Å². The fourth-order valence-electron chi connectivity index (χ4n) is 9.72. The van der Waals surface area contributed by atoms with Crippen molar-refractivity contribution in [2.45, 2.75) is 38.5 Å². The Bertz CT molecular complexity index is 2760. The fourth-order valence-corrected chi connectivity index (χ4v) is 9.72. The van der Waals surface area contributed by atoms with Crippen molar-refractivity contribution < 1.29 is 9.47 Å². The van der Waals surface area contributed by atoms with Gasteiger partial charge < -0.3 is 14.4 Å². The molecule has 0 bridgehead atoms. The van der Waals surface area contributed by atoms with Crippen LogP contribution in [0.25, 0.3) is 54.9 Å². The van der Waals surface area contributed by atoms with Crippen LogP contribution < -0.4 is 14.4 Å². The Morgan fingerprint density at radius 2 is 0.855 bits per heavy atom. The Balaban J connectivity index is 1.30. The molecule has 0 aliphatic heterocycles. The highest BCUT2D eigenvalue weighted by Gasteiger charge is 2.38. The Morgan fingerprint density at radius 3 is 1.45 bits per heavy atom. The minimum Gasteiger partial charge on any atom is -0.496 e. The van der Waals surface area contributed by atoms with Gasteiger partial charge in [-0.3, -0.25) is 0 Å². The molecule has 0 amide bonds. The Labute approximate surface area is 323 Å². The third kappa shape index (κ3) is 4.75. The molecular weight excluding hydrogens is 671 g/mol. The monoisotopic (exact) mass is 713 g/mol. The summed E-state index contributed by atoms with van der Waals surface area (Å²) >= 11 is 0. The second-order valence-electron chi connectivity index (χ2n) is 16.0. The van der Waals surface area contributed by atoms with Gasteiger partial charge in [-0.25, -0.2) is 0 Å². The number of hydrogen-bond donors (Lipinski definition) is 0. The molecule has 0 saturated carbocycles. The highest BCUT2D eigenvalue weighted by molar-refractivity contribution is 6.13. The topological polar surface area (TPSA) is 21.7 Å². The van der Waals surface area contributed by atoms with Crippen molar-refractivity contribution in [1.29, 1.82) is 0 Å². The van der Waals surface area contributed by atoms with Crippen LogP contribution in [0.4, 0.5) is 17.1 Å². The second-order valence-corrected chi connectivity index (χ2v) is 16.0. The van der Waals surface area contributed by atoms with E-state index in [4.69, 9.17) is 9.47 Å². The van der Waals surface area contributed by atoms with Crippen molar-refractivity contribution in [3.05, 3.63) is 174 Å². The number of ether oxygens (including phenoxy) is 2. The van der Waals surface area contributed by atoms with E-state index >= 15 is 0 Å². The molecule has 2 aliphatic carbocycles. The largest absolute Gasteiger partial charge is 0.496 e. The molecule has 0 saturated heterocycles. The van der Waals surface area contributed by atoms with E-state index in [1.54, 1.807) is 14.2 Å². The minimum absolute atomic E-state index is 0.152. The average Bonchev–Trinajstić information content (AvgIpc) is 3.59. The molecule has 3 nitrogen and oxygen atoms in total. The van der Waals surface area contributed by atoms with Crippen LogP contribution in [0.2, 0.25) is 0 Å². The molecule has 10 rings (SSSR count). The molecule has 0 unspecified atom stereocenters. The maximum atomic E-state index is 5.99. The lowest BCUT2D eigenvalue weighted by atomic mass is 9.82. The second kappa shape index (κ2) is 12.1. The number of anilines is 3. The van der Waals surface area contributed by atoms with Crippen LogP contribution in [-0.4, -0.2) is 14.2 Å². The quantitative estimate of drug-likeness (QED) is 0.171. The molecule has 0 aromatic heterocycles. The van der Waals surface area contributed by atoms with Gasteiger partial charge in [0.25, 0.3) is 0 Å². The van der Waals surface area contributed by atoms with Gasteiger partial charge in [-0.15, -0.1) is 0 Å². The molecule has 55 heavy (non-hydrogen) atoms. The Hall–Kier alpha value is -6.32. The van der Waals surface area contributed by atoms with Gasteiger partial charge in [-0.1, -0.05) is 125 Å². The molecule has 0 atom stereocenters. The molecule has 0 spiro atoms. The first-order valence-corrected chi connectivity index (χ1v) is 19.2. The molecule has 8 aromatic rings. The van der Waals surface area contributed by atoms with E-state index in [9.17, 15) is 0 Å². The lowest BCUT2D eigenvalue weighted by Gasteiger charge is -2.32. The highest BCUT2D eigenvalue weighted by atomic mass is 16.5. The SMILES string of the molecule is COc1ccc(-c2c(N(c3ccc4c(c3)C(C)(C)c3ccccc3-4)c3ccc4c(c3)C(C)(C)c3ccccc3-4)ccc3c(OC)cccc23)c2ccccc12. The van der Waals surface area contributed by atoms with Gasteiger partial charge >= 0.3 is 0 Å². The summed E-state index contributed by atoms with van der Waals surface area (Å²) in [5, 5.41) is 4.41. The molecule has 2 aliphatic rings. The first-order valence-electron chi connectivity index (χ1n) is 19.2. The van der Waals surface area contributed by atoms with Gasteiger partial charge in [0.2, 0.25) is 0 Å². The molecule has 0 radical (unpaired) electrons. The van der Waals surface area contributed by atoms with Crippen LogP contribution in [0.1, 0.15) is 49.9 Å². The lowest BCUT2D eigenvalue weighted by Crippen LogP contribution is -2.18. The summed E-state index contributed by atoms with van der Waals surface area (Å²) in [6.45, 7) is 9.44. The van der Waals surface area contributed by atoms with Crippen LogP contribution in [0.3, 0.4) is 0 Å². The normalized spacial score (nSPS) is 14.3. The van der Waals surface area contributed by atoms with Gasteiger partial charge in [0.1, 0.15) is 11.5 Å². The summed E-state index contributed by atoms with van der Waals surface area (Å²) in [7, 11) is 3.50. The Kier molecular flexibility index (Phi) is 7.32. The summed E-state index contributed by atoms with van der Waals surface area (Å²) in [5.74, 6) is 1.71. The van der Waals surface area contributed by atoms with Gasteiger partial charge in [-0.2, -0.15) is 0 Å². The third-order valence-electron chi connectivity index (χ3n) is 12.5. The van der Waals surface area contributed by atoms with E-state index in [1.807, 2.05) is 0 Å². The summed E-state index contributed by atoms with van der Waals surface area (Å²) in [4.78, 5) is 2.49. The summed E-state index contributed by atoms with van der Waals surface area (Å²) in [5.41, 5.74) is 16.0. The summed E-state index contributed by atoms with van der Waals surface area (Å²) in [6.07, 6.45) is 0. The third-order valence-corrected chi connectivity index (χ3v) is 12.5. The van der Waals surface area contributed by atoms with Gasteiger partial charge in [0.15, 0.2) is 0 Å². The van der Waals surface area contributed by atoms with E-state index in [0.717, 1.165) is 61.2 Å². The Morgan fingerprint density at radius 1 is 0.382 bits per heavy atom. The van der Waals surface area contributed by atoms with Crippen molar-refractivity contribution in [3.8, 4) is 44.9 Å². The summed E-state index contributed by atoms with van der Waals surface area (Å²) in [6, 6.07) is 55.8. The van der Waals surface area contributed by atoms with Crippen LogP contribution in [0.15, 0.2) is 152 Å². The standard InChI is InChI=1S/C52H43NO2/c1-51(2)43-19-11-9-15-35(43)37-24-22-32(30-45(37)51)53(33-23-25-38-36-16-10-12-20-44(36)52(3,4)46(38)31-33)47-28-26-40-41(18-13-21-48(40)54-5)50(47)42-27-29-49(55-6)39-17-8-7-14-34(39)42/h7-31H,1-6H3. The number of rotatable bonds is 6. The number of fused-ring (bicyclic) bond motifs is 8. The zero-order valence-corrected chi connectivity index (χ0v) is 32.2. The van der Waals surface area contributed by atoms with Gasteiger partial charge in [0.05, 0.1) is 19.9 Å². The molecule has 0 fully saturated rings. The molecular formula is C52H43NO2. The van der Waals surface area contributed by atoms with E-state index in [-0.39, 0.29) is 10.8 Å². The van der Waals surface area contributed by atoms with Crippen molar-refractivity contribution in [3.63, 3.8) is 0 Å².